The lowest BCUT2D eigenvalue weighted by molar-refractivity contribution is -0.393. The van der Waals surface area contributed by atoms with Gasteiger partial charge in [0, 0.05) is 6.54 Å². The van der Waals surface area contributed by atoms with Crippen LogP contribution in [-0.2, 0) is 56.2 Å². The molecule has 0 bridgehead atoms. The van der Waals surface area contributed by atoms with Gasteiger partial charge in [-0.15, -0.1) is 0 Å². The zero-order chi connectivity index (χ0) is 50.4. The molecule has 0 aromatic heterocycles. The summed E-state index contributed by atoms with van der Waals surface area (Å²) in [6.45, 7) is -7.27. The quantitative estimate of drug-likeness (QED) is 0.0354. The molecule has 400 valence electrons. The van der Waals surface area contributed by atoms with Crippen molar-refractivity contribution >= 4 is 7.82 Å². The van der Waals surface area contributed by atoms with Crippen molar-refractivity contribution in [3.63, 3.8) is 0 Å². The molecule has 68 heavy (non-hydrogen) atoms. The van der Waals surface area contributed by atoms with Gasteiger partial charge in [-0.1, -0.05) is 0 Å². The SMILES string of the molecule is O=P(O)(OCCNC1O[C@H](CO)[C@@H](O)[C@H](O[C@@H]2O[C@H](CO)[C@@H](O)[C@H](O[C@@H]3O[C@H](CO)[C@@H](O)[C@H](O[C@@H]4O[C@H](CO)[C@@H](O)[C@H](O[C@@H]5O[C@H](CO)[C@@H](O)[C@H](O)[C@H]5O)[C@H]4O)[C@H]3O)[C@H]2O)[C@H]1O)OCC(O)CO. The Morgan fingerprint density at radius 1 is 0.441 bits per heavy atom. The molecule has 5 saturated heterocycles. The maximum atomic E-state index is 12.1. The predicted octanol–water partition coefficient (Wildman–Crippen LogP) is -12.8. The normalized spacial score (nSPS) is 47.4. The molecule has 0 spiro atoms. The Hall–Kier alpha value is -1.01. The summed E-state index contributed by atoms with van der Waals surface area (Å²) in [7, 11) is -4.74. The molecule has 33 heteroatoms. The first-order chi connectivity index (χ1) is 32.2. The van der Waals surface area contributed by atoms with Gasteiger partial charge in [0.25, 0.3) is 0 Å². The molecule has 0 aromatic rings. The summed E-state index contributed by atoms with van der Waals surface area (Å²) < 4.78 is 71.4. The molecule has 0 aliphatic carbocycles. The molecule has 5 fully saturated rings. The zero-order valence-corrected chi connectivity index (χ0v) is 36.6. The molecule has 5 rings (SSSR count). The molecule has 0 amide bonds. The number of phosphoric ester groups is 1. The van der Waals surface area contributed by atoms with E-state index in [0.29, 0.717) is 0 Å². The minimum atomic E-state index is -4.74. The van der Waals surface area contributed by atoms with Gasteiger partial charge < -0.3 is 139 Å². The van der Waals surface area contributed by atoms with Crippen molar-refractivity contribution in [2.75, 3.05) is 59.4 Å². The molecule has 5 heterocycles. The van der Waals surface area contributed by atoms with Gasteiger partial charge in [-0.3, -0.25) is 14.4 Å². The van der Waals surface area contributed by atoms with Crippen molar-refractivity contribution in [3.8, 4) is 0 Å². The Balaban J connectivity index is 1.29. The second-order valence-electron chi connectivity index (χ2n) is 16.4. The van der Waals surface area contributed by atoms with Crippen LogP contribution in [0.4, 0.5) is 0 Å². The first-order valence-corrected chi connectivity index (χ1v) is 22.7. The highest BCUT2D eigenvalue weighted by atomic mass is 31.2. The second-order valence-corrected chi connectivity index (χ2v) is 17.8. The average molecular weight is 1030 g/mol. The molecular formula is C35H64NO31P. The molecule has 32 nitrogen and oxygen atoms in total. The molecule has 3 unspecified atom stereocenters. The first kappa shape index (κ1) is 57.9. The number of aliphatic hydroxyl groups excluding tert-OH is 18. The van der Waals surface area contributed by atoms with Gasteiger partial charge >= 0.3 is 7.82 Å². The molecule has 27 atom stereocenters. The van der Waals surface area contributed by atoms with Crippen LogP contribution in [0.1, 0.15) is 0 Å². The maximum Gasteiger partial charge on any atom is 0.472 e. The average Bonchev–Trinajstić information content (AvgIpc) is 3.32. The predicted molar refractivity (Wildman–Crippen MR) is 207 cm³/mol. The number of phosphoric acid groups is 1. The van der Waals surface area contributed by atoms with Gasteiger partial charge in [-0.25, -0.2) is 4.57 Å². The van der Waals surface area contributed by atoms with Crippen LogP contribution in [0.5, 0.6) is 0 Å². The summed E-state index contributed by atoms with van der Waals surface area (Å²) >= 11 is 0. The van der Waals surface area contributed by atoms with Gasteiger partial charge in [0.2, 0.25) is 0 Å². The van der Waals surface area contributed by atoms with E-state index >= 15 is 0 Å². The van der Waals surface area contributed by atoms with Crippen molar-refractivity contribution in [2.24, 2.45) is 0 Å². The maximum absolute atomic E-state index is 12.1. The highest BCUT2D eigenvalue weighted by Gasteiger charge is 2.57. The summed E-state index contributed by atoms with van der Waals surface area (Å²) in [4.78, 5) is 9.78. The third-order valence-electron chi connectivity index (χ3n) is 11.7. The molecule has 0 saturated carbocycles. The summed E-state index contributed by atoms with van der Waals surface area (Å²) in [6.07, 6.45) is -49.3. The summed E-state index contributed by atoms with van der Waals surface area (Å²) in [5, 5.41) is 191. The van der Waals surface area contributed by atoms with Gasteiger partial charge in [0.15, 0.2) is 25.2 Å². The molecule has 0 radical (unpaired) electrons. The van der Waals surface area contributed by atoms with Crippen LogP contribution < -0.4 is 5.32 Å². The fraction of sp³-hybridized carbons (Fsp3) is 1.00. The Labute approximate surface area is 385 Å². The monoisotopic (exact) mass is 1030 g/mol. The summed E-state index contributed by atoms with van der Waals surface area (Å²) in [5.41, 5.74) is 0. The van der Waals surface area contributed by atoms with Crippen LogP contribution in [-0.4, -0.2) is 316 Å². The fourth-order valence-corrected chi connectivity index (χ4v) is 8.58. The van der Waals surface area contributed by atoms with Crippen LogP contribution in [0.2, 0.25) is 0 Å². The van der Waals surface area contributed by atoms with E-state index in [-0.39, 0.29) is 6.54 Å². The molecule has 5 aliphatic rings. The van der Waals surface area contributed by atoms with Crippen LogP contribution in [0.25, 0.3) is 0 Å². The van der Waals surface area contributed by atoms with Gasteiger partial charge in [-0.2, -0.15) is 0 Å². The highest BCUT2D eigenvalue weighted by Crippen LogP contribution is 2.43. The van der Waals surface area contributed by atoms with Crippen molar-refractivity contribution in [3.05, 3.63) is 0 Å². The number of rotatable bonds is 22. The van der Waals surface area contributed by atoms with E-state index in [9.17, 15) is 96.3 Å². The lowest BCUT2D eigenvalue weighted by Gasteiger charge is -2.49. The van der Waals surface area contributed by atoms with E-state index in [2.05, 4.69) is 9.84 Å². The van der Waals surface area contributed by atoms with Gasteiger partial charge in [-0.05, 0) is 0 Å². The van der Waals surface area contributed by atoms with Gasteiger partial charge in [0.1, 0.15) is 134 Å². The Bertz CT molecular complexity index is 1550. The van der Waals surface area contributed by atoms with Crippen molar-refractivity contribution in [1.29, 1.82) is 0 Å². The van der Waals surface area contributed by atoms with E-state index in [0.717, 1.165) is 0 Å². The van der Waals surface area contributed by atoms with Crippen LogP contribution in [0, 0.1) is 0 Å². The summed E-state index contributed by atoms with van der Waals surface area (Å²) in [6, 6.07) is 0. The van der Waals surface area contributed by atoms with Crippen LogP contribution in [0.15, 0.2) is 0 Å². The third-order valence-corrected chi connectivity index (χ3v) is 12.7. The number of hydrogen-bond donors (Lipinski definition) is 20. The minimum Gasteiger partial charge on any atom is -0.394 e. The third kappa shape index (κ3) is 13.4. The van der Waals surface area contributed by atoms with Crippen molar-refractivity contribution < 1.29 is 153 Å². The van der Waals surface area contributed by atoms with E-state index < -0.39 is 220 Å². The number of aliphatic hydroxyl groups is 18. The molecule has 20 N–H and O–H groups in total. The molecular weight excluding hydrogens is 961 g/mol. The van der Waals surface area contributed by atoms with Crippen LogP contribution >= 0.6 is 7.82 Å². The van der Waals surface area contributed by atoms with E-state index in [1.165, 1.54) is 0 Å². The zero-order valence-electron chi connectivity index (χ0n) is 35.7. The van der Waals surface area contributed by atoms with Gasteiger partial charge in [0.05, 0.1) is 52.9 Å². The van der Waals surface area contributed by atoms with Crippen molar-refractivity contribution in [2.45, 2.75) is 160 Å². The Morgan fingerprint density at radius 2 is 0.779 bits per heavy atom. The molecule has 0 aromatic carbocycles. The number of ether oxygens (including phenoxy) is 9. The summed E-state index contributed by atoms with van der Waals surface area (Å²) in [5.74, 6) is 0. The van der Waals surface area contributed by atoms with Crippen molar-refractivity contribution in [1.82, 2.24) is 5.32 Å². The lowest BCUT2D eigenvalue weighted by atomic mass is 9.95. The highest BCUT2D eigenvalue weighted by molar-refractivity contribution is 7.47. The second kappa shape index (κ2) is 25.8. The van der Waals surface area contributed by atoms with E-state index in [4.69, 9.17) is 52.3 Å². The largest absolute Gasteiger partial charge is 0.472 e. The smallest absolute Gasteiger partial charge is 0.394 e. The minimum absolute atomic E-state index is 0.374. The Kier molecular flexibility index (Phi) is 21.9. The molecule has 5 aliphatic heterocycles. The van der Waals surface area contributed by atoms with E-state index in [1.807, 2.05) is 0 Å². The number of nitrogens with one attached hydrogen (secondary N) is 1. The Morgan fingerprint density at radius 3 is 1.15 bits per heavy atom. The fourth-order valence-electron chi connectivity index (χ4n) is 7.83. The number of hydrogen-bond acceptors (Lipinski definition) is 31. The first-order valence-electron chi connectivity index (χ1n) is 21.2. The topological polar surface area (TPSA) is 515 Å². The standard InChI is InChI=1S/C35H64NO31P/c37-3-10(43)9-58-68(55,56)57-2-1-36-31-23(51)27(17(45)12(5-39)59-31)64-33-25(53)29(19(47)14(7-41)61-33)66-35-26(54)30(20(48)15(8-42)63-35)67-34-24(52)28(18(46)13(6-40)62-34)65-32-22(50)21(49)16(44)11(4-38)60-32/h10-54H,1-9H2,(H,55,56)/t10?,11-,12-,13-,14-,15-,16-,17-,18-,19-,20-,21+,22-,23-,24-,25-,26-,27+,28+,29+,30+,31?,32+,33+,34+,35+/m1/s1. The van der Waals surface area contributed by atoms with E-state index in [1.54, 1.807) is 0 Å². The lowest BCUT2D eigenvalue weighted by Crippen LogP contribution is -2.68. The van der Waals surface area contributed by atoms with Crippen LogP contribution in [0.3, 0.4) is 0 Å².